The number of benzene rings is 2. The van der Waals surface area contributed by atoms with E-state index in [-0.39, 0.29) is 18.2 Å². The van der Waals surface area contributed by atoms with E-state index in [1.165, 1.54) is 7.11 Å². The minimum Gasteiger partial charge on any atom is -0.469 e. The quantitative estimate of drug-likeness (QED) is 0.482. The van der Waals surface area contributed by atoms with Crippen LogP contribution < -0.4 is 5.32 Å². The van der Waals surface area contributed by atoms with Crippen molar-refractivity contribution >= 4 is 34.5 Å². The number of methoxy groups -OCH3 is 1. The van der Waals surface area contributed by atoms with Crippen LogP contribution in [0.2, 0.25) is 0 Å². The number of amides is 2. The molecular weight excluding hydrogens is 446 g/mol. The van der Waals surface area contributed by atoms with Crippen LogP contribution in [0, 0.1) is 0 Å². The number of anilines is 1. The largest absolute Gasteiger partial charge is 0.469 e. The van der Waals surface area contributed by atoms with Crippen LogP contribution in [0.1, 0.15) is 47.9 Å². The highest BCUT2D eigenvalue weighted by Crippen LogP contribution is 2.26. The van der Waals surface area contributed by atoms with Crippen LogP contribution in [0.25, 0.3) is 11.0 Å². The van der Waals surface area contributed by atoms with E-state index in [1.54, 1.807) is 24.1 Å². The smallest absolute Gasteiger partial charge is 0.308 e. The van der Waals surface area contributed by atoms with Crippen molar-refractivity contribution in [2.45, 2.75) is 45.3 Å². The summed E-state index contributed by atoms with van der Waals surface area (Å²) in [7, 11) is 2.99. The number of unbranched alkanes of at least 4 members (excludes halogenated alkanes) is 1. The van der Waals surface area contributed by atoms with Gasteiger partial charge in [-0.05, 0) is 42.3 Å². The van der Waals surface area contributed by atoms with E-state index in [2.05, 4.69) is 22.2 Å². The lowest BCUT2D eigenvalue weighted by molar-refractivity contribution is -0.143. The van der Waals surface area contributed by atoms with Crippen LogP contribution in [0.4, 0.5) is 5.69 Å². The number of aromatic nitrogens is 2. The van der Waals surface area contributed by atoms with Crippen molar-refractivity contribution in [3.63, 3.8) is 0 Å². The van der Waals surface area contributed by atoms with Gasteiger partial charge in [0.2, 0.25) is 5.91 Å². The van der Waals surface area contributed by atoms with Gasteiger partial charge in [-0.25, -0.2) is 4.98 Å². The number of ether oxygens (including phenoxy) is 1. The standard InChI is InChI=1S/C26H31N5O4/c1-4-5-12-31(16-23-28-20-8-6-7-9-21(20)29-23)25(33)17-10-11-19-18(13-17)15-30(2)26(34)22(27-19)14-24(32)35-3/h6-11,13,22,27H,4-5,12,14-16H2,1-3H3,(H,28,29)/t22-/m0/s1. The molecule has 1 aliphatic heterocycles. The highest BCUT2D eigenvalue weighted by Gasteiger charge is 2.30. The number of nitrogens with zero attached hydrogens (tertiary/aromatic N) is 3. The number of imidazole rings is 1. The minimum atomic E-state index is -0.718. The Bertz CT molecular complexity index is 1200. The van der Waals surface area contributed by atoms with Crippen molar-refractivity contribution < 1.29 is 19.1 Å². The third kappa shape index (κ3) is 5.45. The molecule has 0 saturated heterocycles. The van der Waals surface area contributed by atoms with E-state index in [0.717, 1.165) is 41.0 Å². The van der Waals surface area contributed by atoms with Gasteiger partial charge in [0.15, 0.2) is 0 Å². The third-order valence-electron chi connectivity index (χ3n) is 6.21. The van der Waals surface area contributed by atoms with Gasteiger partial charge in [-0.15, -0.1) is 0 Å². The first-order valence-corrected chi connectivity index (χ1v) is 11.8. The normalized spacial score (nSPS) is 15.3. The lowest BCUT2D eigenvalue weighted by Gasteiger charge is -2.22. The van der Waals surface area contributed by atoms with Gasteiger partial charge in [0.1, 0.15) is 11.9 Å². The van der Waals surface area contributed by atoms with Crippen molar-refractivity contribution in [3.05, 3.63) is 59.4 Å². The first-order chi connectivity index (χ1) is 16.9. The average molecular weight is 478 g/mol. The number of hydrogen-bond donors (Lipinski definition) is 2. The first kappa shape index (κ1) is 24.3. The summed E-state index contributed by atoms with van der Waals surface area (Å²) >= 11 is 0. The number of H-pyrrole nitrogens is 1. The van der Waals surface area contributed by atoms with E-state index in [0.29, 0.717) is 25.2 Å². The maximum Gasteiger partial charge on any atom is 0.308 e. The predicted octanol–water partition coefficient (Wildman–Crippen LogP) is 3.32. The molecule has 1 atom stereocenters. The first-order valence-electron chi connectivity index (χ1n) is 11.8. The van der Waals surface area contributed by atoms with Crippen LogP contribution in [0.5, 0.6) is 0 Å². The molecule has 0 fully saturated rings. The van der Waals surface area contributed by atoms with Crippen molar-refractivity contribution in [2.24, 2.45) is 0 Å². The Hall–Kier alpha value is -3.88. The molecule has 2 amide bonds. The Kier molecular flexibility index (Phi) is 7.33. The molecule has 2 aromatic carbocycles. The molecule has 4 rings (SSSR count). The Labute approximate surface area is 204 Å². The van der Waals surface area contributed by atoms with E-state index in [4.69, 9.17) is 4.74 Å². The zero-order valence-electron chi connectivity index (χ0n) is 20.3. The number of carbonyl (C=O) groups is 3. The Morgan fingerprint density at radius 1 is 1.23 bits per heavy atom. The fraction of sp³-hybridized carbons (Fsp3) is 0.385. The zero-order valence-corrected chi connectivity index (χ0v) is 20.3. The summed E-state index contributed by atoms with van der Waals surface area (Å²) in [6.45, 7) is 3.41. The topological polar surface area (TPSA) is 108 Å². The minimum absolute atomic E-state index is 0.0674. The summed E-state index contributed by atoms with van der Waals surface area (Å²) in [6.07, 6.45) is 1.78. The highest BCUT2D eigenvalue weighted by molar-refractivity contribution is 5.96. The Morgan fingerprint density at radius 2 is 2.03 bits per heavy atom. The van der Waals surface area contributed by atoms with Gasteiger partial charge < -0.3 is 24.8 Å². The molecule has 0 aliphatic carbocycles. The molecule has 2 heterocycles. The van der Waals surface area contributed by atoms with Gasteiger partial charge in [0.25, 0.3) is 5.91 Å². The van der Waals surface area contributed by atoms with Crippen LogP contribution in [-0.4, -0.2) is 64.3 Å². The van der Waals surface area contributed by atoms with Crippen LogP contribution in [0.15, 0.2) is 42.5 Å². The average Bonchev–Trinajstić information content (AvgIpc) is 3.23. The summed E-state index contributed by atoms with van der Waals surface area (Å²) in [5.41, 5.74) is 3.90. The summed E-state index contributed by atoms with van der Waals surface area (Å²) in [4.78, 5) is 49.4. The van der Waals surface area contributed by atoms with E-state index < -0.39 is 12.0 Å². The number of fused-ring (bicyclic) bond motifs is 2. The maximum absolute atomic E-state index is 13.6. The second-order valence-electron chi connectivity index (χ2n) is 8.82. The van der Waals surface area contributed by atoms with Gasteiger partial charge in [-0.2, -0.15) is 0 Å². The highest BCUT2D eigenvalue weighted by atomic mass is 16.5. The molecule has 1 aliphatic rings. The van der Waals surface area contributed by atoms with Gasteiger partial charge in [0.05, 0.1) is 31.1 Å². The molecule has 2 N–H and O–H groups in total. The van der Waals surface area contributed by atoms with Crippen LogP contribution >= 0.6 is 0 Å². The SMILES string of the molecule is CCCCN(Cc1nc2ccccc2[nH]1)C(=O)c1ccc2c(c1)CN(C)C(=O)[C@H](CC(=O)OC)N2. The van der Waals surface area contributed by atoms with Crippen molar-refractivity contribution in [3.8, 4) is 0 Å². The number of likely N-dealkylation sites (N-methyl/N-ethyl adjacent to an activating group) is 1. The molecule has 9 heteroatoms. The molecule has 9 nitrogen and oxygen atoms in total. The van der Waals surface area contributed by atoms with E-state index >= 15 is 0 Å². The summed E-state index contributed by atoms with van der Waals surface area (Å²) in [6, 6.07) is 12.5. The molecular formula is C26H31N5O4. The summed E-state index contributed by atoms with van der Waals surface area (Å²) < 4.78 is 4.73. The fourth-order valence-electron chi connectivity index (χ4n) is 4.28. The second-order valence-corrected chi connectivity index (χ2v) is 8.82. The number of carbonyl (C=O) groups excluding carboxylic acids is 3. The molecule has 0 unspecified atom stereocenters. The van der Waals surface area contributed by atoms with Crippen LogP contribution in [-0.2, 0) is 27.4 Å². The van der Waals surface area contributed by atoms with Crippen molar-refractivity contribution in [1.29, 1.82) is 0 Å². The van der Waals surface area contributed by atoms with Gasteiger partial charge >= 0.3 is 5.97 Å². The molecule has 35 heavy (non-hydrogen) atoms. The zero-order chi connectivity index (χ0) is 24.9. The lowest BCUT2D eigenvalue weighted by Crippen LogP contribution is -2.39. The van der Waals surface area contributed by atoms with Crippen molar-refractivity contribution in [2.75, 3.05) is 26.0 Å². The molecule has 0 radical (unpaired) electrons. The number of esters is 1. The van der Waals surface area contributed by atoms with Gasteiger partial charge in [0, 0.05) is 31.4 Å². The number of aromatic amines is 1. The third-order valence-corrected chi connectivity index (χ3v) is 6.21. The van der Waals surface area contributed by atoms with Gasteiger partial charge in [-0.1, -0.05) is 25.5 Å². The Morgan fingerprint density at radius 3 is 2.77 bits per heavy atom. The molecule has 0 saturated carbocycles. The number of para-hydroxylation sites is 2. The second kappa shape index (κ2) is 10.6. The molecule has 0 spiro atoms. The van der Waals surface area contributed by atoms with Crippen molar-refractivity contribution in [1.82, 2.24) is 19.8 Å². The molecule has 3 aromatic rings. The number of nitrogens with one attached hydrogen (secondary N) is 2. The van der Waals surface area contributed by atoms with E-state index in [9.17, 15) is 14.4 Å². The van der Waals surface area contributed by atoms with Crippen LogP contribution in [0.3, 0.4) is 0 Å². The molecule has 184 valence electrons. The van der Waals surface area contributed by atoms with Gasteiger partial charge in [-0.3, -0.25) is 14.4 Å². The number of hydrogen-bond acceptors (Lipinski definition) is 6. The number of rotatable bonds is 8. The summed E-state index contributed by atoms with van der Waals surface area (Å²) in [5.74, 6) is -0.0142. The van der Waals surface area contributed by atoms with E-state index in [1.807, 2.05) is 35.2 Å². The predicted molar refractivity (Wildman–Crippen MR) is 133 cm³/mol. The fourth-order valence-corrected chi connectivity index (χ4v) is 4.28. The monoisotopic (exact) mass is 477 g/mol. The molecule has 1 aromatic heterocycles. The maximum atomic E-state index is 13.6. The Balaban J connectivity index is 1.58. The lowest BCUT2D eigenvalue weighted by atomic mass is 10.1. The summed E-state index contributed by atoms with van der Waals surface area (Å²) in [5, 5.41) is 3.16. The molecule has 0 bridgehead atoms.